The van der Waals surface area contributed by atoms with Gasteiger partial charge in [-0.15, -0.1) is 0 Å². The Morgan fingerprint density at radius 2 is 2.20 bits per heavy atom. The van der Waals surface area contributed by atoms with Gasteiger partial charge in [-0.25, -0.2) is 4.39 Å². The van der Waals surface area contributed by atoms with Gasteiger partial charge in [0.25, 0.3) is 0 Å². The normalized spacial score (nSPS) is 21.2. The Bertz CT molecular complexity index is 397. The summed E-state index contributed by atoms with van der Waals surface area (Å²) in [6, 6.07) is 4.12. The van der Waals surface area contributed by atoms with E-state index in [1.165, 1.54) is 6.07 Å². The van der Waals surface area contributed by atoms with Crippen molar-refractivity contribution in [2.24, 2.45) is 0 Å². The minimum Gasteiger partial charge on any atom is -0.353 e. The number of benzene rings is 1. The second kappa shape index (κ2) is 4.28. The molecule has 0 aliphatic carbocycles. The van der Waals surface area contributed by atoms with Crippen molar-refractivity contribution in [2.45, 2.75) is 6.04 Å². The molecule has 1 heterocycles. The van der Waals surface area contributed by atoms with Crippen molar-refractivity contribution >= 4 is 21.8 Å². The molecule has 2 rings (SSSR count). The Hall–Kier alpha value is -0.940. The van der Waals surface area contributed by atoms with Crippen LogP contribution in [0.5, 0.6) is 0 Å². The molecule has 1 aliphatic rings. The van der Waals surface area contributed by atoms with Crippen LogP contribution in [0.1, 0.15) is 11.6 Å². The highest BCUT2D eigenvalue weighted by atomic mass is 79.9. The summed E-state index contributed by atoms with van der Waals surface area (Å²) >= 11 is 3.17. The van der Waals surface area contributed by atoms with E-state index in [2.05, 4.69) is 26.6 Å². The third kappa shape index (κ3) is 2.18. The van der Waals surface area contributed by atoms with E-state index in [0.29, 0.717) is 23.1 Å². The van der Waals surface area contributed by atoms with Gasteiger partial charge in [-0.05, 0) is 12.1 Å². The topological polar surface area (TPSA) is 41.1 Å². The summed E-state index contributed by atoms with van der Waals surface area (Å²) in [4.78, 5) is 11.5. The lowest BCUT2D eigenvalue weighted by Gasteiger charge is -2.24. The zero-order valence-electron chi connectivity index (χ0n) is 7.89. The van der Waals surface area contributed by atoms with Crippen LogP contribution >= 0.6 is 15.9 Å². The number of hydrogen-bond acceptors (Lipinski definition) is 2. The minimum absolute atomic E-state index is 0.178. The Balaban J connectivity index is 2.31. The average Bonchev–Trinajstić information content (AvgIpc) is 2.20. The van der Waals surface area contributed by atoms with E-state index in [9.17, 15) is 9.18 Å². The molecule has 2 N–H and O–H groups in total. The zero-order chi connectivity index (χ0) is 10.8. The first kappa shape index (κ1) is 10.6. The summed E-state index contributed by atoms with van der Waals surface area (Å²) in [5.74, 6) is -0.554. The molecule has 1 aliphatic heterocycles. The predicted molar refractivity (Wildman–Crippen MR) is 57.9 cm³/mol. The van der Waals surface area contributed by atoms with Crippen LogP contribution in [0.15, 0.2) is 22.7 Å². The second-order valence-electron chi connectivity index (χ2n) is 3.34. The molecule has 15 heavy (non-hydrogen) atoms. The molecule has 1 saturated heterocycles. The number of piperazine rings is 1. The van der Waals surface area contributed by atoms with Crippen LogP contribution in [-0.4, -0.2) is 19.0 Å². The molecule has 1 fully saturated rings. The Labute approximate surface area is 95.2 Å². The minimum atomic E-state index is -0.577. The zero-order valence-corrected chi connectivity index (χ0v) is 9.47. The van der Waals surface area contributed by atoms with E-state index < -0.39 is 6.04 Å². The van der Waals surface area contributed by atoms with E-state index in [1.807, 2.05) is 0 Å². The van der Waals surface area contributed by atoms with E-state index in [4.69, 9.17) is 0 Å². The first-order valence-electron chi connectivity index (χ1n) is 4.64. The summed E-state index contributed by atoms with van der Waals surface area (Å²) in [6.45, 7) is 1.25. The molecule has 3 nitrogen and oxygen atoms in total. The molecule has 0 bridgehead atoms. The van der Waals surface area contributed by atoms with E-state index >= 15 is 0 Å². The smallest absolute Gasteiger partial charge is 0.241 e. The summed E-state index contributed by atoms with van der Waals surface area (Å²) in [5, 5.41) is 5.67. The fourth-order valence-corrected chi connectivity index (χ4v) is 1.92. The molecule has 0 spiro atoms. The molecule has 1 atom stereocenters. The number of carbonyl (C=O) groups excluding carboxylic acids is 1. The van der Waals surface area contributed by atoms with Crippen molar-refractivity contribution in [1.82, 2.24) is 10.6 Å². The maximum Gasteiger partial charge on any atom is 0.241 e. The quantitative estimate of drug-likeness (QED) is 0.811. The Morgan fingerprint density at radius 1 is 1.40 bits per heavy atom. The van der Waals surface area contributed by atoms with Crippen molar-refractivity contribution in [3.63, 3.8) is 0 Å². The van der Waals surface area contributed by atoms with Gasteiger partial charge < -0.3 is 10.6 Å². The number of hydrogen-bond donors (Lipinski definition) is 2. The van der Waals surface area contributed by atoms with Gasteiger partial charge in [0.2, 0.25) is 5.91 Å². The molecular weight excluding hydrogens is 263 g/mol. The largest absolute Gasteiger partial charge is 0.353 e. The highest BCUT2D eigenvalue weighted by Gasteiger charge is 2.25. The fourth-order valence-electron chi connectivity index (χ4n) is 1.58. The van der Waals surface area contributed by atoms with Crippen LogP contribution in [-0.2, 0) is 4.79 Å². The SMILES string of the molecule is O=C1NCCNC1c1ccc(Br)cc1F. The Morgan fingerprint density at radius 3 is 2.87 bits per heavy atom. The fraction of sp³-hybridized carbons (Fsp3) is 0.300. The van der Waals surface area contributed by atoms with Crippen molar-refractivity contribution in [2.75, 3.05) is 13.1 Å². The first-order valence-corrected chi connectivity index (χ1v) is 5.44. The van der Waals surface area contributed by atoms with Crippen LogP contribution in [0, 0.1) is 5.82 Å². The standard InChI is InChI=1S/C10H10BrFN2O/c11-6-1-2-7(8(12)5-6)9-10(15)14-4-3-13-9/h1-2,5,9,13H,3-4H2,(H,14,15). The Kier molecular flexibility index (Phi) is 3.02. The van der Waals surface area contributed by atoms with Gasteiger partial charge >= 0.3 is 0 Å². The third-order valence-electron chi connectivity index (χ3n) is 2.31. The van der Waals surface area contributed by atoms with E-state index in [-0.39, 0.29) is 11.7 Å². The molecule has 0 radical (unpaired) electrons. The van der Waals surface area contributed by atoms with Gasteiger partial charge in [-0.2, -0.15) is 0 Å². The number of amides is 1. The lowest BCUT2D eigenvalue weighted by Crippen LogP contribution is -2.47. The van der Waals surface area contributed by atoms with Crippen LogP contribution in [0.4, 0.5) is 4.39 Å². The summed E-state index contributed by atoms with van der Waals surface area (Å²) in [6.07, 6.45) is 0. The van der Waals surface area contributed by atoms with Gasteiger partial charge in [0.15, 0.2) is 0 Å². The first-order chi connectivity index (χ1) is 7.18. The van der Waals surface area contributed by atoms with Crippen molar-refractivity contribution in [3.8, 4) is 0 Å². The van der Waals surface area contributed by atoms with Crippen molar-refractivity contribution in [1.29, 1.82) is 0 Å². The third-order valence-corrected chi connectivity index (χ3v) is 2.80. The van der Waals surface area contributed by atoms with Gasteiger partial charge in [0.1, 0.15) is 11.9 Å². The molecular formula is C10H10BrFN2O. The lowest BCUT2D eigenvalue weighted by atomic mass is 10.0. The number of carbonyl (C=O) groups is 1. The molecule has 1 aromatic rings. The molecule has 1 amide bonds. The van der Waals surface area contributed by atoms with Gasteiger partial charge in [0.05, 0.1) is 0 Å². The van der Waals surface area contributed by atoms with E-state index in [0.717, 1.165) is 0 Å². The van der Waals surface area contributed by atoms with Crippen LogP contribution in [0.3, 0.4) is 0 Å². The maximum absolute atomic E-state index is 13.6. The van der Waals surface area contributed by atoms with Gasteiger partial charge in [-0.1, -0.05) is 22.0 Å². The number of rotatable bonds is 1. The average molecular weight is 273 g/mol. The molecule has 0 saturated carbocycles. The van der Waals surface area contributed by atoms with Gasteiger partial charge in [0, 0.05) is 23.1 Å². The summed E-state index contributed by atoms with van der Waals surface area (Å²) < 4.78 is 14.2. The number of nitrogens with one attached hydrogen (secondary N) is 2. The second-order valence-corrected chi connectivity index (χ2v) is 4.26. The monoisotopic (exact) mass is 272 g/mol. The number of halogens is 2. The molecule has 1 unspecified atom stereocenters. The highest BCUT2D eigenvalue weighted by molar-refractivity contribution is 9.10. The van der Waals surface area contributed by atoms with Crippen LogP contribution in [0.2, 0.25) is 0 Å². The van der Waals surface area contributed by atoms with Crippen molar-refractivity contribution < 1.29 is 9.18 Å². The lowest BCUT2D eigenvalue weighted by molar-refractivity contribution is -0.124. The predicted octanol–water partition coefficient (Wildman–Crippen LogP) is 1.35. The van der Waals surface area contributed by atoms with E-state index in [1.54, 1.807) is 12.1 Å². The highest BCUT2D eigenvalue weighted by Crippen LogP contribution is 2.22. The maximum atomic E-state index is 13.6. The molecule has 1 aromatic carbocycles. The summed E-state index contributed by atoms with van der Waals surface area (Å²) in [7, 11) is 0. The van der Waals surface area contributed by atoms with Crippen LogP contribution < -0.4 is 10.6 Å². The molecule has 80 valence electrons. The van der Waals surface area contributed by atoms with Gasteiger partial charge in [-0.3, -0.25) is 4.79 Å². The summed E-state index contributed by atoms with van der Waals surface area (Å²) in [5.41, 5.74) is 0.385. The van der Waals surface area contributed by atoms with Crippen molar-refractivity contribution in [3.05, 3.63) is 34.1 Å². The molecule has 0 aromatic heterocycles. The molecule has 5 heteroatoms. The van der Waals surface area contributed by atoms with Crippen LogP contribution in [0.25, 0.3) is 0 Å².